The number of nitrogens with two attached hydrogens (primary N) is 1. The second-order valence-corrected chi connectivity index (χ2v) is 3.92. The number of hydrogen-bond donors (Lipinski definition) is 1. The van der Waals surface area contributed by atoms with Crippen LogP contribution in [0.1, 0.15) is 17.2 Å². The predicted molar refractivity (Wildman–Crippen MR) is 66.6 cm³/mol. The van der Waals surface area contributed by atoms with E-state index in [4.69, 9.17) is 10.5 Å². The topological polar surface area (TPSA) is 53.1 Å². The Balaban J connectivity index is 2.08. The fraction of sp³-hybridized carbons (Fsp3) is 0.308. The van der Waals surface area contributed by atoms with Crippen molar-refractivity contribution in [2.24, 2.45) is 5.73 Å². The van der Waals surface area contributed by atoms with Gasteiger partial charge < -0.3 is 10.5 Å². The maximum absolute atomic E-state index is 5.62. The zero-order chi connectivity index (χ0) is 12.1. The minimum atomic E-state index is -0.0699. The second kappa shape index (κ2) is 5.61. The number of methoxy groups -OCH3 is 1. The van der Waals surface area contributed by atoms with Gasteiger partial charge in [0.15, 0.2) is 0 Å². The Morgan fingerprint density at radius 2 is 2.12 bits per heavy atom. The molecular weight excluding hydrogens is 214 g/mol. The molecule has 1 atom stereocenters. The summed E-state index contributed by atoms with van der Waals surface area (Å²) in [6.45, 7) is 1.23. The van der Waals surface area contributed by atoms with Crippen LogP contribution < -0.4 is 5.73 Å². The van der Waals surface area contributed by atoms with Crippen LogP contribution in [0.15, 0.2) is 42.7 Å². The minimum Gasteiger partial charge on any atom is -0.375 e. The highest BCUT2D eigenvalue weighted by molar-refractivity contribution is 5.16. The van der Waals surface area contributed by atoms with E-state index in [9.17, 15) is 0 Å². The first-order valence-corrected chi connectivity index (χ1v) is 5.62. The van der Waals surface area contributed by atoms with Crippen LogP contribution in [0.3, 0.4) is 0 Å². The Bertz CT molecular complexity index is 449. The van der Waals surface area contributed by atoms with E-state index in [1.165, 1.54) is 5.56 Å². The summed E-state index contributed by atoms with van der Waals surface area (Å²) in [5.41, 5.74) is 7.86. The third-order valence-corrected chi connectivity index (χ3v) is 2.71. The molecule has 1 unspecified atom stereocenters. The second-order valence-electron chi connectivity index (χ2n) is 3.92. The molecule has 0 spiro atoms. The molecule has 0 bridgehead atoms. The molecule has 2 aromatic rings. The van der Waals surface area contributed by atoms with E-state index in [1.807, 2.05) is 35.3 Å². The van der Waals surface area contributed by atoms with Gasteiger partial charge in [-0.2, -0.15) is 5.10 Å². The SMILES string of the molecule is COC(CN)c1cnn(Cc2ccccc2)c1. The van der Waals surface area contributed by atoms with Crippen molar-refractivity contribution in [2.45, 2.75) is 12.6 Å². The number of rotatable bonds is 5. The van der Waals surface area contributed by atoms with Gasteiger partial charge in [0, 0.05) is 25.4 Å². The maximum Gasteiger partial charge on any atom is 0.0973 e. The molecule has 0 aliphatic rings. The van der Waals surface area contributed by atoms with Crippen molar-refractivity contribution in [1.29, 1.82) is 0 Å². The lowest BCUT2D eigenvalue weighted by Gasteiger charge is -2.09. The molecule has 2 N–H and O–H groups in total. The highest BCUT2D eigenvalue weighted by Crippen LogP contribution is 2.14. The predicted octanol–water partition coefficient (Wildman–Crippen LogP) is 1.58. The zero-order valence-corrected chi connectivity index (χ0v) is 9.91. The van der Waals surface area contributed by atoms with E-state index < -0.39 is 0 Å². The lowest BCUT2D eigenvalue weighted by atomic mass is 10.2. The molecule has 0 aliphatic heterocycles. The number of ether oxygens (including phenoxy) is 1. The van der Waals surface area contributed by atoms with Crippen LogP contribution in [-0.4, -0.2) is 23.4 Å². The molecular formula is C13H17N3O. The Morgan fingerprint density at radius 3 is 2.76 bits per heavy atom. The summed E-state index contributed by atoms with van der Waals surface area (Å²) in [7, 11) is 1.66. The summed E-state index contributed by atoms with van der Waals surface area (Å²) in [5, 5.41) is 4.31. The first-order chi connectivity index (χ1) is 8.33. The quantitative estimate of drug-likeness (QED) is 0.850. The monoisotopic (exact) mass is 231 g/mol. The molecule has 0 saturated heterocycles. The van der Waals surface area contributed by atoms with Crippen LogP contribution in [0.5, 0.6) is 0 Å². The summed E-state index contributed by atoms with van der Waals surface area (Å²) < 4.78 is 7.17. The standard InChI is InChI=1S/C13H17N3O/c1-17-13(7-14)12-8-15-16(10-12)9-11-5-3-2-4-6-11/h2-6,8,10,13H,7,9,14H2,1H3. The molecule has 0 radical (unpaired) electrons. The lowest BCUT2D eigenvalue weighted by Crippen LogP contribution is -2.13. The molecule has 1 heterocycles. The average Bonchev–Trinajstić information content (AvgIpc) is 2.81. The smallest absolute Gasteiger partial charge is 0.0973 e. The van der Waals surface area contributed by atoms with Crippen LogP contribution in [0, 0.1) is 0 Å². The molecule has 4 nitrogen and oxygen atoms in total. The van der Waals surface area contributed by atoms with Crippen LogP contribution in [-0.2, 0) is 11.3 Å². The average molecular weight is 231 g/mol. The minimum absolute atomic E-state index is 0.0699. The maximum atomic E-state index is 5.62. The summed E-state index contributed by atoms with van der Waals surface area (Å²) in [4.78, 5) is 0. The third-order valence-electron chi connectivity index (χ3n) is 2.71. The molecule has 0 saturated carbocycles. The first kappa shape index (κ1) is 11.8. The van der Waals surface area contributed by atoms with Crippen LogP contribution in [0.2, 0.25) is 0 Å². The molecule has 1 aromatic heterocycles. The molecule has 2 rings (SSSR count). The van der Waals surface area contributed by atoms with E-state index >= 15 is 0 Å². The van der Waals surface area contributed by atoms with E-state index in [2.05, 4.69) is 17.2 Å². The zero-order valence-electron chi connectivity index (χ0n) is 9.91. The van der Waals surface area contributed by atoms with Crippen molar-refractivity contribution in [1.82, 2.24) is 9.78 Å². The van der Waals surface area contributed by atoms with E-state index in [0.717, 1.165) is 12.1 Å². The van der Waals surface area contributed by atoms with Gasteiger partial charge in [-0.1, -0.05) is 30.3 Å². The molecule has 0 fully saturated rings. The van der Waals surface area contributed by atoms with Crippen LogP contribution >= 0.6 is 0 Å². The number of aromatic nitrogens is 2. The molecule has 4 heteroatoms. The molecule has 1 aromatic carbocycles. The molecule has 0 aliphatic carbocycles. The molecule has 17 heavy (non-hydrogen) atoms. The highest BCUT2D eigenvalue weighted by Gasteiger charge is 2.10. The largest absolute Gasteiger partial charge is 0.375 e. The van der Waals surface area contributed by atoms with Crippen molar-refractivity contribution in [2.75, 3.05) is 13.7 Å². The van der Waals surface area contributed by atoms with Gasteiger partial charge >= 0.3 is 0 Å². The highest BCUT2D eigenvalue weighted by atomic mass is 16.5. The summed E-state index contributed by atoms with van der Waals surface area (Å²) in [6, 6.07) is 10.2. The normalized spacial score (nSPS) is 12.6. The Labute approximate surface area is 101 Å². The van der Waals surface area contributed by atoms with Crippen molar-refractivity contribution in [3.05, 3.63) is 53.9 Å². The lowest BCUT2D eigenvalue weighted by molar-refractivity contribution is 0.110. The number of benzene rings is 1. The fourth-order valence-electron chi connectivity index (χ4n) is 1.77. The summed E-state index contributed by atoms with van der Waals surface area (Å²) in [6.07, 6.45) is 3.72. The number of hydrogen-bond acceptors (Lipinski definition) is 3. The Kier molecular flexibility index (Phi) is 3.90. The Morgan fingerprint density at radius 1 is 1.35 bits per heavy atom. The van der Waals surface area contributed by atoms with Crippen LogP contribution in [0.25, 0.3) is 0 Å². The first-order valence-electron chi connectivity index (χ1n) is 5.62. The van der Waals surface area contributed by atoms with E-state index in [-0.39, 0.29) is 6.10 Å². The molecule has 0 amide bonds. The third kappa shape index (κ3) is 2.93. The fourth-order valence-corrected chi connectivity index (χ4v) is 1.77. The van der Waals surface area contributed by atoms with E-state index in [0.29, 0.717) is 6.54 Å². The van der Waals surface area contributed by atoms with Gasteiger partial charge in [-0.25, -0.2) is 0 Å². The van der Waals surface area contributed by atoms with E-state index in [1.54, 1.807) is 7.11 Å². The van der Waals surface area contributed by atoms with Crippen molar-refractivity contribution in [3.8, 4) is 0 Å². The van der Waals surface area contributed by atoms with Crippen molar-refractivity contribution >= 4 is 0 Å². The van der Waals surface area contributed by atoms with Gasteiger partial charge in [-0.15, -0.1) is 0 Å². The van der Waals surface area contributed by atoms with Gasteiger partial charge in [0.1, 0.15) is 0 Å². The van der Waals surface area contributed by atoms with Gasteiger partial charge in [-0.3, -0.25) is 4.68 Å². The van der Waals surface area contributed by atoms with Gasteiger partial charge in [-0.05, 0) is 5.56 Å². The summed E-state index contributed by atoms with van der Waals surface area (Å²) >= 11 is 0. The van der Waals surface area contributed by atoms with Crippen molar-refractivity contribution < 1.29 is 4.74 Å². The summed E-state index contributed by atoms with van der Waals surface area (Å²) in [5.74, 6) is 0. The van der Waals surface area contributed by atoms with Crippen molar-refractivity contribution in [3.63, 3.8) is 0 Å². The van der Waals surface area contributed by atoms with Gasteiger partial charge in [0.2, 0.25) is 0 Å². The number of nitrogens with zero attached hydrogens (tertiary/aromatic N) is 2. The van der Waals surface area contributed by atoms with Crippen LogP contribution in [0.4, 0.5) is 0 Å². The Hall–Kier alpha value is -1.65. The van der Waals surface area contributed by atoms with Gasteiger partial charge in [0.25, 0.3) is 0 Å². The molecule has 90 valence electrons. The van der Waals surface area contributed by atoms with Gasteiger partial charge in [0.05, 0.1) is 18.8 Å².